The van der Waals surface area contributed by atoms with Gasteiger partial charge >= 0.3 is 6.01 Å². The predicted molar refractivity (Wildman–Crippen MR) is 116 cm³/mol. The first-order valence-electron chi connectivity index (χ1n) is 9.99. The Bertz CT molecular complexity index is 1340. The highest BCUT2D eigenvalue weighted by Gasteiger charge is 2.17. The lowest BCUT2D eigenvalue weighted by Crippen LogP contribution is -2.10. The molecule has 0 spiro atoms. The van der Waals surface area contributed by atoms with Gasteiger partial charge < -0.3 is 18.9 Å². The summed E-state index contributed by atoms with van der Waals surface area (Å²) in [6.07, 6.45) is 2.98. The zero-order valence-corrected chi connectivity index (χ0v) is 17.1. The summed E-state index contributed by atoms with van der Waals surface area (Å²) in [6, 6.07) is 19.9. The molecule has 9 heteroatoms. The number of furan rings is 2. The van der Waals surface area contributed by atoms with Crippen LogP contribution in [0.2, 0.25) is 0 Å². The Morgan fingerprint density at radius 1 is 0.970 bits per heavy atom. The molecule has 0 saturated heterocycles. The molecule has 0 fully saturated rings. The fourth-order valence-corrected chi connectivity index (χ4v) is 3.11. The summed E-state index contributed by atoms with van der Waals surface area (Å²) in [5.41, 5.74) is 2.05. The van der Waals surface area contributed by atoms with Crippen molar-refractivity contribution in [1.82, 2.24) is 14.8 Å². The predicted octanol–water partition coefficient (Wildman–Crippen LogP) is 5.09. The molecule has 0 saturated carbocycles. The first-order valence-corrected chi connectivity index (χ1v) is 9.99. The molecule has 1 N–H and O–H groups in total. The first kappa shape index (κ1) is 20.3. The number of hydrogen-bond acceptors (Lipinski definition) is 6. The highest BCUT2D eigenvalue weighted by atomic mass is 19.1. The Morgan fingerprint density at radius 3 is 2.42 bits per heavy atom. The lowest BCUT2D eigenvalue weighted by atomic mass is 10.2. The van der Waals surface area contributed by atoms with Gasteiger partial charge in [-0.3, -0.25) is 4.79 Å². The van der Waals surface area contributed by atoms with E-state index in [1.54, 1.807) is 71.6 Å². The average molecular weight is 444 g/mol. The number of anilines is 1. The van der Waals surface area contributed by atoms with Crippen molar-refractivity contribution in [2.45, 2.75) is 6.61 Å². The Balaban J connectivity index is 1.38. The van der Waals surface area contributed by atoms with E-state index in [4.69, 9.17) is 13.6 Å². The molecule has 5 rings (SSSR count). The largest absolute Gasteiger partial charge is 0.461 e. The van der Waals surface area contributed by atoms with Gasteiger partial charge in [-0.25, -0.2) is 9.07 Å². The van der Waals surface area contributed by atoms with E-state index in [9.17, 15) is 9.18 Å². The molecule has 2 aromatic carbocycles. The molecule has 0 aliphatic carbocycles. The second-order valence-corrected chi connectivity index (χ2v) is 7.00. The number of hydrogen-bond donors (Lipinski definition) is 1. The van der Waals surface area contributed by atoms with Crippen LogP contribution in [0.5, 0.6) is 6.01 Å². The number of ether oxygens (including phenoxy) is 1. The van der Waals surface area contributed by atoms with Crippen LogP contribution in [0, 0.1) is 5.82 Å². The van der Waals surface area contributed by atoms with E-state index in [1.165, 1.54) is 18.4 Å². The molecule has 0 unspecified atom stereocenters. The van der Waals surface area contributed by atoms with Gasteiger partial charge in [-0.1, -0.05) is 12.1 Å². The summed E-state index contributed by atoms with van der Waals surface area (Å²) < 4.78 is 31.0. The number of halogens is 1. The number of aromatic nitrogens is 3. The molecule has 3 aromatic heterocycles. The smallest absolute Gasteiger partial charge is 0.336 e. The molecule has 164 valence electrons. The summed E-state index contributed by atoms with van der Waals surface area (Å²) >= 11 is 0. The van der Waals surface area contributed by atoms with Gasteiger partial charge in [0, 0.05) is 5.69 Å². The van der Waals surface area contributed by atoms with Crippen LogP contribution in [0.4, 0.5) is 10.1 Å². The molecule has 5 aromatic rings. The van der Waals surface area contributed by atoms with Crippen LogP contribution < -0.4 is 10.1 Å². The van der Waals surface area contributed by atoms with Gasteiger partial charge in [0.2, 0.25) is 5.82 Å². The summed E-state index contributed by atoms with van der Waals surface area (Å²) in [7, 11) is 0. The van der Waals surface area contributed by atoms with Gasteiger partial charge in [-0.2, -0.15) is 4.98 Å². The third-order valence-corrected chi connectivity index (χ3v) is 4.73. The minimum atomic E-state index is -0.346. The van der Waals surface area contributed by atoms with Gasteiger partial charge in [0.05, 0.1) is 18.2 Å². The number of nitrogens with zero attached hydrogens (tertiary/aromatic N) is 3. The van der Waals surface area contributed by atoms with Gasteiger partial charge in [-0.15, -0.1) is 5.10 Å². The maximum Gasteiger partial charge on any atom is 0.336 e. The van der Waals surface area contributed by atoms with E-state index in [1.807, 2.05) is 0 Å². The van der Waals surface area contributed by atoms with Crippen LogP contribution >= 0.6 is 0 Å². The zero-order chi connectivity index (χ0) is 22.6. The fraction of sp³-hybridized carbons (Fsp3) is 0.0417. The van der Waals surface area contributed by atoms with Crippen molar-refractivity contribution in [1.29, 1.82) is 0 Å². The molecule has 1 amide bonds. The Hall–Kier alpha value is -4.66. The van der Waals surface area contributed by atoms with Crippen molar-refractivity contribution < 1.29 is 22.8 Å². The van der Waals surface area contributed by atoms with Crippen LogP contribution in [0.1, 0.15) is 16.1 Å². The normalized spacial score (nSPS) is 10.8. The van der Waals surface area contributed by atoms with E-state index in [0.29, 0.717) is 23.0 Å². The molecule has 0 aliphatic heterocycles. The highest BCUT2D eigenvalue weighted by molar-refractivity contribution is 6.02. The molecule has 8 nitrogen and oxygen atoms in total. The zero-order valence-electron chi connectivity index (χ0n) is 17.1. The summed E-state index contributed by atoms with van der Waals surface area (Å²) in [5, 5.41) is 7.21. The van der Waals surface area contributed by atoms with Crippen LogP contribution in [0.25, 0.3) is 17.3 Å². The van der Waals surface area contributed by atoms with Crippen LogP contribution in [0.15, 0.2) is 94.2 Å². The maximum atomic E-state index is 13.1. The van der Waals surface area contributed by atoms with Gasteiger partial charge in [0.1, 0.15) is 12.4 Å². The summed E-state index contributed by atoms with van der Waals surface area (Å²) in [6.45, 7) is 0.180. The maximum absolute atomic E-state index is 13.1. The van der Waals surface area contributed by atoms with E-state index in [0.717, 1.165) is 5.56 Å². The van der Waals surface area contributed by atoms with Crippen molar-refractivity contribution in [3.8, 4) is 23.3 Å². The van der Waals surface area contributed by atoms with Gasteiger partial charge in [-0.05, 0) is 66.2 Å². The average Bonchev–Trinajstić information content (AvgIpc) is 3.61. The van der Waals surface area contributed by atoms with Crippen molar-refractivity contribution in [3.63, 3.8) is 0 Å². The molecule has 0 atom stereocenters. The standard InChI is InChI=1S/C24H17FN4O4/c25-17-7-5-16(6-8-17)15-33-24-27-22(20-3-1-13-31-20)29(28-24)19-11-9-18(10-12-19)26-23(30)21-4-2-14-32-21/h1-14H,15H2,(H,26,30). The highest BCUT2D eigenvalue weighted by Crippen LogP contribution is 2.25. The first-order chi connectivity index (χ1) is 16.2. The SMILES string of the molecule is O=C(Nc1ccc(-n2nc(OCc3ccc(F)cc3)nc2-c2ccco2)cc1)c1ccco1. The van der Waals surface area contributed by atoms with Gasteiger partial charge in [0.25, 0.3) is 5.91 Å². The second-order valence-electron chi connectivity index (χ2n) is 7.00. The van der Waals surface area contributed by atoms with Crippen LogP contribution in [0.3, 0.4) is 0 Å². The molecular formula is C24H17FN4O4. The Morgan fingerprint density at radius 2 is 1.73 bits per heavy atom. The quantitative estimate of drug-likeness (QED) is 0.376. The summed E-state index contributed by atoms with van der Waals surface area (Å²) in [5.74, 6) is 0.514. The number of nitrogens with one attached hydrogen (secondary N) is 1. The third-order valence-electron chi connectivity index (χ3n) is 4.73. The van der Waals surface area contributed by atoms with E-state index in [-0.39, 0.29) is 30.1 Å². The van der Waals surface area contributed by atoms with Gasteiger partial charge in [0.15, 0.2) is 11.5 Å². The van der Waals surface area contributed by atoms with Crippen LogP contribution in [-0.4, -0.2) is 20.7 Å². The number of amides is 1. The van der Waals surface area contributed by atoms with Crippen molar-refractivity contribution in [2.24, 2.45) is 0 Å². The lowest BCUT2D eigenvalue weighted by Gasteiger charge is -2.07. The number of benzene rings is 2. The minimum absolute atomic E-state index is 0.140. The third kappa shape index (κ3) is 4.52. The van der Waals surface area contributed by atoms with E-state index in [2.05, 4.69) is 15.4 Å². The Labute approximate surface area is 187 Å². The topological polar surface area (TPSA) is 95.3 Å². The number of rotatable bonds is 7. The molecule has 33 heavy (non-hydrogen) atoms. The molecule has 0 aliphatic rings. The van der Waals surface area contributed by atoms with E-state index >= 15 is 0 Å². The van der Waals surface area contributed by atoms with Crippen molar-refractivity contribution in [3.05, 3.63) is 102 Å². The number of carbonyl (C=O) groups excluding carboxylic acids is 1. The monoisotopic (exact) mass is 444 g/mol. The minimum Gasteiger partial charge on any atom is -0.461 e. The van der Waals surface area contributed by atoms with E-state index < -0.39 is 0 Å². The lowest BCUT2D eigenvalue weighted by molar-refractivity contribution is 0.0996. The summed E-state index contributed by atoms with van der Waals surface area (Å²) in [4.78, 5) is 16.6. The molecule has 0 radical (unpaired) electrons. The molecule has 3 heterocycles. The van der Waals surface area contributed by atoms with Crippen LogP contribution in [-0.2, 0) is 6.61 Å². The van der Waals surface area contributed by atoms with Crippen molar-refractivity contribution in [2.75, 3.05) is 5.32 Å². The number of carbonyl (C=O) groups is 1. The Kier molecular flexibility index (Phi) is 5.42. The van der Waals surface area contributed by atoms with Crippen molar-refractivity contribution >= 4 is 11.6 Å². The molecule has 0 bridgehead atoms. The molecular weight excluding hydrogens is 427 g/mol. The second kappa shape index (κ2) is 8.83. The fourth-order valence-electron chi connectivity index (χ4n) is 3.11.